The Kier molecular flexibility index (Phi) is 6.76. The van der Waals surface area contributed by atoms with Gasteiger partial charge in [-0.05, 0) is 69.1 Å². The zero-order valence-corrected chi connectivity index (χ0v) is 15.2. The van der Waals surface area contributed by atoms with E-state index in [0.29, 0.717) is 18.0 Å². The zero-order valence-electron chi connectivity index (χ0n) is 11.5. The SMILES string of the molecule is CC(C)C(N)CCN(C)C(=O)c1cc(I)ccc1Br. The number of carbonyl (C=O) groups is 1. The molecule has 0 aliphatic carbocycles. The molecule has 19 heavy (non-hydrogen) atoms. The molecule has 0 saturated heterocycles. The van der Waals surface area contributed by atoms with Gasteiger partial charge in [-0.1, -0.05) is 13.8 Å². The maximum atomic E-state index is 12.4. The summed E-state index contributed by atoms with van der Waals surface area (Å²) in [5.74, 6) is 0.467. The molecule has 2 N–H and O–H groups in total. The first-order valence-corrected chi connectivity index (χ1v) is 8.16. The standard InChI is InChI=1S/C14H20BrIN2O/c1-9(2)13(17)6-7-18(3)14(19)11-8-10(16)4-5-12(11)15/h4-5,8-9,13H,6-7,17H2,1-3H3. The summed E-state index contributed by atoms with van der Waals surface area (Å²) in [7, 11) is 1.82. The number of rotatable bonds is 5. The maximum Gasteiger partial charge on any atom is 0.254 e. The van der Waals surface area contributed by atoms with E-state index in [1.54, 1.807) is 4.90 Å². The van der Waals surface area contributed by atoms with E-state index in [1.165, 1.54) is 0 Å². The fraction of sp³-hybridized carbons (Fsp3) is 0.500. The summed E-state index contributed by atoms with van der Waals surface area (Å²) in [5, 5.41) is 0. The predicted molar refractivity (Wildman–Crippen MR) is 91.2 cm³/mol. The lowest BCUT2D eigenvalue weighted by Gasteiger charge is -2.22. The molecule has 0 aliphatic heterocycles. The molecular weight excluding hydrogens is 419 g/mol. The number of benzene rings is 1. The van der Waals surface area contributed by atoms with Crippen LogP contribution in [0.1, 0.15) is 30.6 Å². The molecule has 1 rings (SSSR count). The molecule has 0 aromatic heterocycles. The third kappa shape index (κ3) is 5.04. The Morgan fingerprint density at radius 1 is 1.47 bits per heavy atom. The molecule has 106 valence electrons. The fourth-order valence-corrected chi connectivity index (χ4v) is 2.55. The van der Waals surface area contributed by atoms with Gasteiger partial charge in [0.2, 0.25) is 0 Å². The van der Waals surface area contributed by atoms with Gasteiger partial charge in [-0.2, -0.15) is 0 Å². The number of nitrogens with two attached hydrogens (primary N) is 1. The quantitative estimate of drug-likeness (QED) is 0.715. The van der Waals surface area contributed by atoms with E-state index in [4.69, 9.17) is 5.73 Å². The molecule has 3 nitrogen and oxygen atoms in total. The Morgan fingerprint density at radius 3 is 2.68 bits per heavy atom. The average molecular weight is 439 g/mol. The summed E-state index contributed by atoms with van der Waals surface area (Å²) in [4.78, 5) is 14.1. The minimum atomic E-state index is 0.0290. The maximum absolute atomic E-state index is 12.4. The number of nitrogens with zero attached hydrogens (tertiary/aromatic N) is 1. The van der Waals surface area contributed by atoms with Crippen molar-refractivity contribution < 1.29 is 4.79 Å². The van der Waals surface area contributed by atoms with Crippen LogP contribution in [0.2, 0.25) is 0 Å². The zero-order chi connectivity index (χ0) is 14.6. The highest BCUT2D eigenvalue weighted by Gasteiger charge is 2.16. The third-order valence-electron chi connectivity index (χ3n) is 3.16. The summed E-state index contributed by atoms with van der Waals surface area (Å²) in [6, 6.07) is 5.90. The second-order valence-corrected chi connectivity index (χ2v) is 7.15. The summed E-state index contributed by atoms with van der Waals surface area (Å²) < 4.78 is 1.88. The van der Waals surface area contributed by atoms with Crippen LogP contribution in [0.15, 0.2) is 22.7 Å². The van der Waals surface area contributed by atoms with Gasteiger partial charge in [0, 0.05) is 27.7 Å². The van der Waals surface area contributed by atoms with Gasteiger partial charge < -0.3 is 10.6 Å². The number of carbonyl (C=O) groups excluding carboxylic acids is 1. The van der Waals surface area contributed by atoms with E-state index < -0.39 is 0 Å². The lowest BCUT2D eigenvalue weighted by atomic mass is 10.0. The summed E-state index contributed by atoms with van der Waals surface area (Å²) in [6.07, 6.45) is 0.821. The second kappa shape index (κ2) is 7.59. The van der Waals surface area contributed by atoms with E-state index in [9.17, 15) is 4.79 Å². The van der Waals surface area contributed by atoms with Crippen molar-refractivity contribution in [2.75, 3.05) is 13.6 Å². The van der Waals surface area contributed by atoms with E-state index in [-0.39, 0.29) is 11.9 Å². The van der Waals surface area contributed by atoms with E-state index in [2.05, 4.69) is 52.4 Å². The average Bonchev–Trinajstić information content (AvgIpc) is 2.37. The van der Waals surface area contributed by atoms with Crippen LogP contribution < -0.4 is 5.73 Å². The van der Waals surface area contributed by atoms with Crippen molar-refractivity contribution >= 4 is 44.4 Å². The minimum Gasteiger partial charge on any atom is -0.342 e. The smallest absolute Gasteiger partial charge is 0.254 e. The van der Waals surface area contributed by atoms with Gasteiger partial charge in [0.25, 0.3) is 5.91 Å². The lowest BCUT2D eigenvalue weighted by molar-refractivity contribution is 0.0788. The minimum absolute atomic E-state index is 0.0290. The Morgan fingerprint density at radius 2 is 2.11 bits per heavy atom. The number of hydrogen-bond donors (Lipinski definition) is 1. The lowest BCUT2D eigenvalue weighted by Crippen LogP contribution is -2.34. The van der Waals surface area contributed by atoms with Gasteiger partial charge in [0.05, 0.1) is 5.56 Å². The largest absolute Gasteiger partial charge is 0.342 e. The normalized spacial score (nSPS) is 12.6. The molecule has 1 aromatic carbocycles. The van der Waals surface area contributed by atoms with E-state index in [1.807, 2.05) is 25.2 Å². The Bertz CT molecular complexity index is 451. The van der Waals surface area contributed by atoms with E-state index in [0.717, 1.165) is 14.5 Å². The van der Waals surface area contributed by atoms with Crippen LogP contribution in [0.25, 0.3) is 0 Å². The van der Waals surface area contributed by atoms with Crippen LogP contribution in [0, 0.1) is 9.49 Å². The van der Waals surface area contributed by atoms with Crippen molar-refractivity contribution in [2.24, 2.45) is 11.7 Å². The van der Waals surface area contributed by atoms with Gasteiger partial charge in [-0.25, -0.2) is 0 Å². The Hall–Kier alpha value is -0.140. The van der Waals surface area contributed by atoms with Crippen molar-refractivity contribution in [1.82, 2.24) is 4.90 Å². The van der Waals surface area contributed by atoms with Crippen molar-refractivity contribution in [3.8, 4) is 0 Å². The molecule has 0 saturated carbocycles. The Labute approximate surface area is 137 Å². The molecule has 0 radical (unpaired) electrons. The molecular formula is C14H20BrIN2O. The van der Waals surface area contributed by atoms with Crippen LogP contribution in [0.4, 0.5) is 0 Å². The highest BCUT2D eigenvalue weighted by atomic mass is 127. The van der Waals surface area contributed by atoms with Gasteiger partial charge in [-0.15, -0.1) is 0 Å². The molecule has 1 amide bonds. The monoisotopic (exact) mass is 438 g/mol. The molecule has 0 bridgehead atoms. The van der Waals surface area contributed by atoms with Crippen LogP contribution in [0.5, 0.6) is 0 Å². The molecule has 5 heteroatoms. The van der Waals surface area contributed by atoms with Crippen LogP contribution >= 0.6 is 38.5 Å². The van der Waals surface area contributed by atoms with Crippen LogP contribution in [-0.4, -0.2) is 30.4 Å². The van der Waals surface area contributed by atoms with Crippen LogP contribution in [0.3, 0.4) is 0 Å². The van der Waals surface area contributed by atoms with E-state index >= 15 is 0 Å². The van der Waals surface area contributed by atoms with Crippen molar-refractivity contribution in [3.05, 3.63) is 31.8 Å². The summed E-state index contributed by atoms with van der Waals surface area (Å²) in [5.41, 5.74) is 6.71. The first-order valence-electron chi connectivity index (χ1n) is 6.29. The highest BCUT2D eigenvalue weighted by Crippen LogP contribution is 2.21. The van der Waals surface area contributed by atoms with Crippen molar-refractivity contribution in [1.29, 1.82) is 0 Å². The molecule has 1 unspecified atom stereocenters. The Balaban J connectivity index is 2.69. The third-order valence-corrected chi connectivity index (χ3v) is 4.52. The van der Waals surface area contributed by atoms with Crippen molar-refractivity contribution in [2.45, 2.75) is 26.3 Å². The fourth-order valence-electron chi connectivity index (χ4n) is 1.64. The molecule has 1 aromatic rings. The van der Waals surface area contributed by atoms with Crippen molar-refractivity contribution in [3.63, 3.8) is 0 Å². The summed E-state index contributed by atoms with van der Waals surface area (Å²) >= 11 is 5.64. The molecule has 0 heterocycles. The van der Waals surface area contributed by atoms with Gasteiger partial charge in [0.1, 0.15) is 0 Å². The summed E-state index contributed by atoms with van der Waals surface area (Å²) in [6.45, 7) is 4.88. The number of amides is 1. The molecule has 1 atom stereocenters. The predicted octanol–water partition coefficient (Wildman–Crippen LogP) is 3.50. The molecule has 0 fully saturated rings. The number of halogens is 2. The molecule has 0 spiro atoms. The first kappa shape index (κ1) is 16.9. The molecule has 0 aliphatic rings. The van der Waals surface area contributed by atoms with Gasteiger partial charge in [0.15, 0.2) is 0 Å². The van der Waals surface area contributed by atoms with Crippen LogP contribution in [-0.2, 0) is 0 Å². The second-order valence-electron chi connectivity index (χ2n) is 5.05. The van der Waals surface area contributed by atoms with Gasteiger partial charge in [-0.3, -0.25) is 4.79 Å². The highest BCUT2D eigenvalue weighted by molar-refractivity contribution is 14.1. The van der Waals surface area contributed by atoms with Gasteiger partial charge >= 0.3 is 0 Å². The number of hydrogen-bond acceptors (Lipinski definition) is 2. The topological polar surface area (TPSA) is 46.3 Å². The first-order chi connectivity index (χ1) is 8.82.